The molecule has 0 aromatic heterocycles. The molecule has 1 aliphatic rings. The lowest BCUT2D eigenvalue weighted by Gasteiger charge is -2.28. The maximum Gasteiger partial charge on any atom is 0.124 e. The molecule has 2 N–H and O–H groups in total. The summed E-state index contributed by atoms with van der Waals surface area (Å²) in [7, 11) is 0. The number of aromatic hydroxyl groups is 1. The van der Waals surface area contributed by atoms with E-state index in [-0.39, 0.29) is 0 Å². The lowest BCUT2D eigenvalue weighted by molar-refractivity contribution is 0.302. The third-order valence-corrected chi connectivity index (χ3v) is 3.45. The smallest absolute Gasteiger partial charge is 0.124 e. The van der Waals surface area contributed by atoms with Crippen LogP contribution in [-0.2, 0) is 6.61 Å². The Labute approximate surface area is 112 Å². The van der Waals surface area contributed by atoms with Crippen molar-refractivity contribution in [2.75, 3.05) is 6.54 Å². The van der Waals surface area contributed by atoms with Crippen molar-refractivity contribution in [3.63, 3.8) is 0 Å². The van der Waals surface area contributed by atoms with E-state index in [1.54, 1.807) is 6.07 Å². The van der Waals surface area contributed by atoms with Gasteiger partial charge in [0.1, 0.15) is 18.1 Å². The van der Waals surface area contributed by atoms with Gasteiger partial charge in [0.15, 0.2) is 0 Å². The van der Waals surface area contributed by atoms with Gasteiger partial charge in [-0.3, -0.25) is 0 Å². The van der Waals surface area contributed by atoms with Crippen LogP contribution in [0.3, 0.4) is 0 Å². The summed E-state index contributed by atoms with van der Waals surface area (Å²) in [6.45, 7) is 1.54. The average Bonchev–Trinajstić information content (AvgIpc) is 2.38. The van der Waals surface area contributed by atoms with Gasteiger partial charge in [0, 0.05) is 17.7 Å². The molecule has 3 nitrogen and oxygen atoms in total. The lowest BCUT2D eigenvalue weighted by atomic mass is 9.97. The fourth-order valence-corrected chi connectivity index (χ4v) is 2.20. The molecule has 1 aliphatic heterocycles. The minimum absolute atomic E-state index is 0.295. The van der Waals surface area contributed by atoms with Gasteiger partial charge in [-0.05, 0) is 24.6 Å². The molecule has 3 heteroatoms. The lowest BCUT2D eigenvalue weighted by Crippen LogP contribution is -2.34. The van der Waals surface area contributed by atoms with Crippen LogP contribution in [-0.4, -0.2) is 11.7 Å². The molecule has 1 saturated heterocycles. The third kappa shape index (κ3) is 2.71. The summed E-state index contributed by atoms with van der Waals surface area (Å²) < 4.78 is 5.68. The highest BCUT2D eigenvalue weighted by atomic mass is 16.5. The van der Waals surface area contributed by atoms with Gasteiger partial charge in [0.05, 0.1) is 0 Å². The summed E-state index contributed by atoms with van der Waals surface area (Å²) in [5.41, 5.74) is 2.07. The molecule has 3 rings (SSSR count). The van der Waals surface area contributed by atoms with E-state index in [1.165, 1.54) is 0 Å². The van der Waals surface area contributed by atoms with Gasteiger partial charge >= 0.3 is 0 Å². The summed E-state index contributed by atoms with van der Waals surface area (Å²) in [6, 6.07) is 15.8. The van der Waals surface area contributed by atoms with Crippen molar-refractivity contribution >= 4 is 0 Å². The van der Waals surface area contributed by atoms with Crippen molar-refractivity contribution in [2.45, 2.75) is 19.1 Å². The number of phenols is 1. The Morgan fingerprint density at radius 2 is 1.95 bits per heavy atom. The minimum Gasteiger partial charge on any atom is -0.507 e. The van der Waals surface area contributed by atoms with Gasteiger partial charge in [-0.25, -0.2) is 0 Å². The second-order valence-corrected chi connectivity index (χ2v) is 4.79. The van der Waals surface area contributed by atoms with E-state index in [4.69, 9.17) is 4.74 Å². The molecule has 0 amide bonds. The van der Waals surface area contributed by atoms with Crippen LogP contribution in [0.15, 0.2) is 48.5 Å². The first-order valence-electron chi connectivity index (χ1n) is 6.56. The second-order valence-electron chi connectivity index (χ2n) is 4.79. The Balaban J connectivity index is 1.67. The molecule has 0 bridgehead atoms. The average molecular weight is 255 g/mol. The summed E-state index contributed by atoms with van der Waals surface area (Å²) >= 11 is 0. The van der Waals surface area contributed by atoms with E-state index < -0.39 is 0 Å². The first kappa shape index (κ1) is 12.1. The van der Waals surface area contributed by atoms with Crippen molar-refractivity contribution in [1.29, 1.82) is 0 Å². The predicted octanol–water partition coefficient (Wildman–Crippen LogP) is 3.01. The van der Waals surface area contributed by atoms with Gasteiger partial charge < -0.3 is 15.2 Å². The summed E-state index contributed by atoms with van der Waals surface area (Å²) in [6.07, 6.45) is 1.08. The first-order chi connectivity index (χ1) is 9.33. The standard InChI is InChI=1S/C16H17NO2/c18-16-10-13(6-7-14(16)15-8-9-17-15)19-11-12-4-2-1-3-5-12/h1-7,10,15,17-18H,8-9,11H2/t15-/m1/s1. The molecule has 98 valence electrons. The van der Waals surface area contributed by atoms with E-state index in [9.17, 15) is 5.11 Å². The number of hydrogen-bond donors (Lipinski definition) is 2. The number of nitrogens with one attached hydrogen (secondary N) is 1. The van der Waals surface area contributed by atoms with Gasteiger partial charge in [0.25, 0.3) is 0 Å². The fourth-order valence-electron chi connectivity index (χ4n) is 2.20. The largest absolute Gasteiger partial charge is 0.507 e. The molecule has 1 heterocycles. The zero-order valence-electron chi connectivity index (χ0n) is 10.7. The van der Waals surface area contributed by atoms with E-state index >= 15 is 0 Å². The number of ether oxygens (including phenoxy) is 1. The molecular weight excluding hydrogens is 238 g/mol. The SMILES string of the molecule is Oc1cc(OCc2ccccc2)ccc1[C@H]1CCN1. The topological polar surface area (TPSA) is 41.5 Å². The van der Waals surface area contributed by atoms with Crippen LogP contribution in [0.5, 0.6) is 11.5 Å². The van der Waals surface area contributed by atoms with Gasteiger partial charge in [0.2, 0.25) is 0 Å². The van der Waals surface area contributed by atoms with E-state index in [0.717, 1.165) is 24.1 Å². The molecular formula is C16H17NO2. The highest BCUT2D eigenvalue weighted by molar-refractivity contribution is 5.42. The molecule has 0 unspecified atom stereocenters. The molecule has 0 saturated carbocycles. The Morgan fingerprint density at radius 3 is 2.58 bits per heavy atom. The number of benzene rings is 2. The van der Waals surface area contributed by atoms with Crippen LogP contribution in [0.1, 0.15) is 23.6 Å². The highest BCUT2D eigenvalue weighted by Crippen LogP contribution is 2.33. The predicted molar refractivity (Wildman–Crippen MR) is 74.2 cm³/mol. The first-order valence-corrected chi connectivity index (χ1v) is 6.56. The Hall–Kier alpha value is -2.00. The number of phenolic OH excluding ortho intramolecular Hbond substituents is 1. The molecule has 2 aromatic rings. The zero-order chi connectivity index (χ0) is 13.1. The van der Waals surface area contributed by atoms with Crippen LogP contribution in [0.4, 0.5) is 0 Å². The van der Waals surface area contributed by atoms with Crippen LogP contribution >= 0.6 is 0 Å². The van der Waals surface area contributed by atoms with Crippen molar-refractivity contribution in [3.8, 4) is 11.5 Å². The monoisotopic (exact) mass is 255 g/mol. The van der Waals surface area contributed by atoms with Gasteiger partial charge in [-0.15, -0.1) is 0 Å². The maximum absolute atomic E-state index is 10.0. The molecule has 19 heavy (non-hydrogen) atoms. The molecule has 1 atom stereocenters. The van der Waals surface area contributed by atoms with Gasteiger partial charge in [-0.2, -0.15) is 0 Å². The van der Waals surface area contributed by atoms with Crippen LogP contribution < -0.4 is 10.1 Å². The van der Waals surface area contributed by atoms with Crippen molar-refractivity contribution in [3.05, 3.63) is 59.7 Å². The third-order valence-electron chi connectivity index (χ3n) is 3.45. The van der Waals surface area contributed by atoms with Crippen LogP contribution in [0.2, 0.25) is 0 Å². The fraction of sp³-hybridized carbons (Fsp3) is 0.250. The van der Waals surface area contributed by atoms with E-state index in [0.29, 0.717) is 24.1 Å². The highest BCUT2D eigenvalue weighted by Gasteiger charge is 2.21. The van der Waals surface area contributed by atoms with Crippen LogP contribution in [0.25, 0.3) is 0 Å². The Kier molecular flexibility index (Phi) is 3.38. The number of rotatable bonds is 4. The quantitative estimate of drug-likeness (QED) is 0.882. The molecule has 0 radical (unpaired) electrons. The zero-order valence-corrected chi connectivity index (χ0v) is 10.7. The summed E-state index contributed by atoms with van der Waals surface area (Å²) in [4.78, 5) is 0. The molecule has 2 aromatic carbocycles. The molecule has 0 aliphatic carbocycles. The maximum atomic E-state index is 10.0. The summed E-state index contributed by atoms with van der Waals surface area (Å²) in [5, 5.41) is 13.3. The van der Waals surface area contributed by atoms with E-state index in [1.807, 2.05) is 42.5 Å². The van der Waals surface area contributed by atoms with Crippen molar-refractivity contribution < 1.29 is 9.84 Å². The number of hydrogen-bond acceptors (Lipinski definition) is 3. The molecule has 0 spiro atoms. The van der Waals surface area contributed by atoms with Gasteiger partial charge in [-0.1, -0.05) is 36.4 Å². The normalized spacial score (nSPS) is 17.8. The van der Waals surface area contributed by atoms with Crippen molar-refractivity contribution in [1.82, 2.24) is 5.32 Å². The van der Waals surface area contributed by atoms with E-state index in [2.05, 4.69) is 5.32 Å². The molecule has 1 fully saturated rings. The second kappa shape index (κ2) is 5.33. The Bertz CT molecular complexity index is 550. The van der Waals surface area contributed by atoms with Crippen LogP contribution in [0, 0.1) is 0 Å². The Morgan fingerprint density at radius 1 is 1.16 bits per heavy atom. The van der Waals surface area contributed by atoms with Crippen molar-refractivity contribution in [2.24, 2.45) is 0 Å². The minimum atomic E-state index is 0.295. The summed E-state index contributed by atoms with van der Waals surface area (Å²) in [5.74, 6) is 1.01.